The molecule has 9 heteroatoms. The summed E-state index contributed by atoms with van der Waals surface area (Å²) < 4.78 is 25.2. The van der Waals surface area contributed by atoms with Crippen molar-refractivity contribution < 1.29 is 8.42 Å². The van der Waals surface area contributed by atoms with Crippen LogP contribution in [-0.2, 0) is 9.84 Å². The molecule has 0 unspecified atom stereocenters. The van der Waals surface area contributed by atoms with Gasteiger partial charge in [-0.2, -0.15) is 4.98 Å². The number of nitrogens with zero attached hydrogens (tertiary/aromatic N) is 5. The van der Waals surface area contributed by atoms with Crippen LogP contribution < -0.4 is 4.90 Å². The number of anilines is 2. The Hall–Kier alpha value is -3.49. The van der Waals surface area contributed by atoms with E-state index in [1.54, 1.807) is 16.5 Å². The summed E-state index contributed by atoms with van der Waals surface area (Å²) in [6.07, 6.45) is 1.20. The molecule has 7 nitrogen and oxygen atoms in total. The molecule has 2 heterocycles. The minimum absolute atomic E-state index is 0.262. The van der Waals surface area contributed by atoms with Gasteiger partial charge in [-0.05, 0) is 59.1 Å². The molecule has 5 rings (SSSR count). The molecule has 0 fully saturated rings. The van der Waals surface area contributed by atoms with Crippen LogP contribution in [-0.4, -0.2) is 41.3 Å². The second kappa shape index (κ2) is 7.58. The summed E-state index contributed by atoms with van der Waals surface area (Å²) in [6.45, 7) is 0. The quantitative estimate of drug-likeness (QED) is 0.382. The van der Waals surface area contributed by atoms with Gasteiger partial charge in [-0.3, -0.25) is 0 Å². The van der Waals surface area contributed by atoms with Crippen LogP contribution in [0.1, 0.15) is 0 Å². The Kier molecular flexibility index (Phi) is 4.83. The first-order valence-corrected chi connectivity index (χ1v) is 12.0. The summed E-state index contributed by atoms with van der Waals surface area (Å²) in [5.41, 5.74) is 3.67. The highest BCUT2D eigenvalue weighted by Gasteiger charge is 2.17. The van der Waals surface area contributed by atoms with E-state index in [0.29, 0.717) is 10.7 Å². The van der Waals surface area contributed by atoms with Crippen LogP contribution in [0.5, 0.6) is 0 Å². The van der Waals surface area contributed by atoms with Crippen LogP contribution in [0.4, 0.5) is 11.5 Å². The minimum Gasteiger partial charge on any atom is -0.329 e. The van der Waals surface area contributed by atoms with Gasteiger partial charge in [-0.25, -0.2) is 12.8 Å². The van der Waals surface area contributed by atoms with Crippen molar-refractivity contribution >= 4 is 49.6 Å². The molecule has 2 aromatic heterocycles. The van der Waals surface area contributed by atoms with Crippen molar-refractivity contribution in [3.05, 3.63) is 78.1 Å². The number of benzene rings is 3. The monoisotopic (exact) mass is 463 g/mol. The maximum Gasteiger partial charge on any atom is 0.258 e. The Morgan fingerprint density at radius 2 is 1.66 bits per heavy atom. The molecule has 0 spiro atoms. The third-order valence-electron chi connectivity index (χ3n) is 5.37. The van der Waals surface area contributed by atoms with Gasteiger partial charge in [-0.15, -0.1) is 10.2 Å². The maximum absolute atomic E-state index is 11.7. The van der Waals surface area contributed by atoms with Gasteiger partial charge in [0.2, 0.25) is 5.28 Å². The van der Waals surface area contributed by atoms with Gasteiger partial charge >= 0.3 is 0 Å². The molecule has 0 aliphatic heterocycles. The van der Waals surface area contributed by atoms with Gasteiger partial charge in [0.05, 0.1) is 10.4 Å². The predicted molar refractivity (Wildman–Crippen MR) is 126 cm³/mol. The van der Waals surface area contributed by atoms with E-state index in [9.17, 15) is 8.42 Å². The van der Waals surface area contributed by atoms with Gasteiger partial charge in [0.1, 0.15) is 5.82 Å². The van der Waals surface area contributed by atoms with Crippen LogP contribution in [0.25, 0.3) is 27.8 Å². The van der Waals surface area contributed by atoms with Crippen molar-refractivity contribution in [2.75, 3.05) is 18.2 Å². The van der Waals surface area contributed by atoms with Crippen LogP contribution in [0, 0.1) is 0 Å². The lowest BCUT2D eigenvalue weighted by molar-refractivity contribution is 0.602. The Balaban J connectivity index is 1.60. The zero-order valence-corrected chi connectivity index (χ0v) is 18.8. The third-order valence-corrected chi connectivity index (χ3v) is 6.74. The molecule has 32 heavy (non-hydrogen) atoms. The summed E-state index contributed by atoms with van der Waals surface area (Å²) in [5.74, 6) is 1.14. The van der Waals surface area contributed by atoms with E-state index in [1.807, 2.05) is 72.6 Å². The van der Waals surface area contributed by atoms with Gasteiger partial charge in [0.25, 0.3) is 5.78 Å². The van der Waals surface area contributed by atoms with Crippen molar-refractivity contribution in [2.24, 2.45) is 0 Å². The fourth-order valence-corrected chi connectivity index (χ4v) is 4.55. The van der Waals surface area contributed by atoms with Crippen molar-refractivity contribution in [2.45, 2.75) is 4.90 Å². The average Bonchev–Trinajstić information content (AvgIpc) is 3.18. The van der Waals surface area contributed by atoms with Crippen molar-refractivity contribution in [1.29, 1.82) is 0 Å². The normalized spacial score (nSPS) is 11.8. The number of aromatic nitrogens is 4. The molecule has 0 amide bonds. The lowest BCUT2D eigenvalue weighted by atomic mass is 10.0. The summed E-state index contributed by atoms with van der Waals surface area (Å²) in [4.78, 5) is 6.99. The topological polar surface area (TPSA) is 80.5 Å². The Morgan fingerprint density at radius 3 is 2.41 bits per heavy atom. The van der Waals surface area contributed by atoms with E-state index in [2.05, 4.69) is 10.2 Å². The van der Waals surface area contributed by atoms with Crippen molar-refractivity contribution in [3.63, 3.8) is 0 Å². The van der Waals surface area contributed by atoms with E-state index in [1.165, 1.54) is 6.26 Å². The molecule has 5 aromatic rings. The number of rotatable bonds is 4. The lowest BCUT2D eigenvalue weighted by Crippen LogP contribution is -2.13. The standard InChI is InChI=1S/C23H18ClN5O2S/c1-28(21-19-8-3-4-9-20(19)29-22(24)26-27-23(29)25-21)17-7-5-6-16(14-17)15-10-12-18(13-11-15)32(2,30)31/h3-14H,1-2H3. The number of hydrogen-bond acceptors (Lipinski definition) is 6. The SMILES string of the molecule is CN(c1cccc(-c2ccc(S(C)(=O)=O)cc2)c1)c1nc2nnc(Cl)n2c2ccccc12. The molecule has 0 N–H and O–H groups in total. The second-order valence-corrected chi connectivity index (χ2v) is 9.82. The largest absolute Gasteiger partial charge is 0.329 e. The Labute approximate surface area is 189 Å². The van der Waals surface area contributed by atoms with Crippen LogP contribution in [0.15, 0.2) is 77.7 Å². The fourth-order valence-electron chi connectivity index (χ4n) is 3.72. The summed E-state index contributed by atoms with van der Waals surface area (Å²) >= 11 is 6.23. The molecule has 160 valence electrons. The molecule has 0 saturated carbocycles. The zero-order chi connectivity index (χ0) is 22.5. The summed E-state index contributed by atoms with van der Waals surface area (Å²) in [5, 5.41) is 9.21. The van der Waals surface area contributed by atoms with E-state index in [-0.39, 0.29) is 5.28 Å². The smallest absolute Gasteiger partial charge is 0.258 e. The number of hydrogen-bond donors (Lipinski definition) is 0. The number of sulfone groups is 1. The zero-order valence-electron chi connectivity index (χ0n) is 17.3. The van der Waals surface area contributed by atoms with Gasteiger partial charge in [0.15, 0.2) is 9.84 Å². The molecule has 3 aromatic carbocycles. The maximum atomic E-state index is 11.7. The molecule has 0 bridgehead atoms. The van der Waals surface area contributed by atoms with Crippen molar-refractivity contribution in [1.82, 2.24) is 19.6 Å². The Morgan fingerprint density at radius 1 is 0.906 bits per heavy atom. The van der Waals surface area contributed by atoms with Gasteiger partial charge in [-0.1, -0.05) is 36.4 Å². The first kappa shape index (κ1) is 20.4. The van der Waals surface area contributed by atoms with Gasteiger partial charge in [0, 0.05) is 24.4 Å². The fraction of sp³-hybridized carbons (Fsp3) is 0.0870. The molecular formula is C23H18ClN5O2S. The second-order valence-electron chi connectivity index (χ2n) is 7.46. The van der Waals surface area contributed by atoms with Crippen LogP contribution >= 0.6 is 11.6 Å². The van der Waals surface area contributed by atoms with E-state index >= 15 is 0 Å². The highest BCUT2D eigenvalue weighted by atomic mass is 35.5. The summed E-state index contributed by atoms with van der Waals surface area (Å²) in [6, 6.07) is 22.7. The first-order valence-electron chi connectivity index (χ1n) is 9.76. The molecule has 0 aliphatic rings. The molecule has 0 atom stereocenters. The van der Waals surface area contributed by atoms with Crippen molar-refractivity contribution in [3.8, 4) is 11.1 Å². The first-order chi connectivity index (χ1) is 15.3. The summed E-state index contributed by atoms with van der Waals surface area (Å²) in [7, 11) is -1.30. The van der Waals surface area contributed by atoms with Crippen LogP contribution in [0.2, 0.25) is 5.28 Å². The van der Waals surface area contributed by atoms with E-state index in [0.717, 1.165) is 33.5 Å². The third kappa shape index (κ3) is 3.47. The minimum atomic E-state index is -3.24. The van der Waals surface area contributed by atoms with E-state index < -0.39 is 9.84 Å². The number of para-hydroxylation sites is 1. The predicted octanol–water partition coefficient (Wildman–Crippen LogP) is 4.77. The lowest BCUT2D eigenvalue weighted by Gasteiger charge is -2.21. The molecule has 0 aliphatic carbocycles. The number of fused-ring (bicyclic) bond motifs is 3. The molecule has 0 saturated heterocycles. The average molecular weight is 464 g/mol. The van der Waals surface area contributed by atoms with Gasteiger partial charge < -0.3 is 4.90 Å². The molecule has 0 radical (unpaired) electrons. The highest BCUT2D eigenvalue weighted by Crippen LogP contribution is 2.33. The van der Waals surface area contributed by atoms with E-state index in [4.69, 9.17) is 16.6 Å². The number of halogens is 1. The Bertz CT molecular complexity index is 1580. The molecular weight excluding hydrogens is 446 g/mol. The van der Waals surface area contributed by atoms with Crippen LogP contribution in [0.3, 0.4) is 0 Å². The highest BCUT2D eigenvalue weighted by molar-refractivity contribution is 7.90.